The molecule has 1 aromatic carbocycles. The molecule has 3 rings (SSSR count). The molecule has 0 spiro atoms. The van der Waals surface area contributed by atoms with Gasteiger partial charge in [-0.1, -0.05) is 18.2 Å². The van der Waals surface area contributed by atoms with Crippen molar-refractivity contribution in [3.63, 3.8) is 0 Å². The fraction of sp³-hybridized carbons (Fsp3) is 0.200. The quantitative estimate of drug-likeness (QED) is 0.864. The first-order valence-corrected chi connectivity index (χ1v) is 6.30. The van der Waals surface area contributed by atoms with Gasteiger partial charge in [0.25, 0.3) is 0 Å². The van der Waals surface area contributed by atoms with E-state index in [0.717, 1.165) is 22.6 Å². The Morgan fingerprint density at radius 1 is 1.37 bits per heavy atom. The zero-order valence-corrected chi connectivity index (χ0v) is 10.7. The van der Waals surface area contributed by atoms with E-state index in [0.29, 0.717) is 6.54 Å². The molecule has 1 amide bonds. The molecule has 1 aliphatic heterocycles. The van der Waals surface area contributed by atoms with Crippen LogP contribution < -0.4 is 10.6 Å². The van der Waals surface area contributed by atoms with Gasteiger partial charge in [0.1, 0.15) is 0 Å². The summed E-state index contributed by atoms with van der Waals surface area (Å²) in [6, 6.07) is 11.6. The molecule has 1 unspecified atom stereocenters. The number of carbonyl (C=O) groups excluding carboxylic acids is 1. The van der Waals surface area contributed by atoms with Crippen LogP contribution >= 0.6 is 0 Å². The van der Waals surface area contributed by atoms with Crippen LogP contribution in [-0.4, -0.2) is 17.4 Å². The molecule has 0 bridgehead atoms. The molecular weight excluding hydrogens is 238 g/mol. The summed E-state index contributed by atoms with van der Waals surface area (Å²) in [6.07, 6.45) is 1.70. The van der Waals surface area contributed by atoms with E-state index in [1.54, 1.807) is 12.3 Å². The predicted octanol–water partition coefficient (Wildman–Crippen LogP) is 2.54. The van der Waals surface area contributed by atoms with Gasteiger partial charge in [0, 0.05) is 29.8 Å². The number of anilines is 2. The van der Waals surface area contributed by atoms with Gasteiger partial charge in [-0.3, -0.25) is 9.78 Å². The minimum absolute atomic E-state index is 0.0167. The number of aromatic nitrogens is 1. The summed E-state index contributed by atoms with van der Waals surface area (Å²) in [4.78, 5) is 16.4. The highest BCUT2D eigenvalue weighted by atomic mass is 16.1. The molecule has 0 aliphatic carbocycles. The first-order valence-electron chi connectivity index (χ1n) is 6.30. The number of hydrogen-bond acceptors (Lipinski definition) is 3. The van der Waals surface area contributed by atoms with Crippen LogP contribution in [-0.2, 0) is 4.79 Å². The monoisotopic (exact) mass is 253 g/mol. The molecule has 0 radical (unpaired) electrons. The Morgan fingerprint density at radius 2 is 2.21 bits per heavy atom. The number of pyridine rings is 1. The van der Waals surface area contributed by atoms with Crippen molar-refractivity contribution in [1.29, 1.82) is 0 Å². The fourth-order valence-corrected chi connectivity index (χ4v) is 2.37. The van der Waals surface area contributed by atoms with Crippen LogP contribution in [0.2, 0.25) is 0 Å². The summed E-state index contributed by atoms with van der Waals surface area (Å²) in [7, 11) is 0. The molecule has 0 fully saturated rings. The summed E-state index contributed by atoms with van der Waals surface area (Å²) in [5, 5.41) is 6.20. The van der Waals surface area contributed by atoms with Crippen LogP contribution in [0.4, 0.5) is 11.4 Å². The van der Waals surface area contributed by atoms with Crippen LogP contribution in [0.5, 0.6) is 0 Å². The Hall–Kier alpha value is -2.36. The Bertz CT molecular complexity index is 624. The van der Waals surface area contributed by atoms with Crippen LogP contribution in [0.1, 0.15) is 17.2 Å². The van der Waals surface area contributed by atoms with E-state index in [4.69, 9.17) is 0 Å². The van der Waals surface area contributed by atoms with E-state index < -0.39 is 0 Å². The number of fused-ring (bicyclic) bond motifs is 1. The van der Waals surface area contributed by atoms with Crippen molar-refractivity contribution in [2.24, 2.45) is 0 Å². The number of amides is 1. The molecule has 1 aromatic heterocycles. The third kappa shape index (κ3) is 2.29. The lowest BCUT2D eigenvalue weighted by Crippen LogP contribution is -2.22. The van der Waals surface area contributed by atoms with Gasteiger partial charge in [-0.2, -0.15) is 0 Å². The van der Waals surface area contributed by atoms with Gasteiger partial charge in [0.15, 0.2) is 0 Å². The SMILES string of the molecule is Cc1cc(NC(=O)C2CNc3ccccc32)ccn1. The minimum atomic E-state index is -0.135. The van der Waals surface area contributed by atoms with Gasteiger partial charge in [-0.05, 0) is 30.7 Å². The Kier molecular flexibility index (Phi) is 2.91. The van der Waals surface area contributed by atoms with Crippen LogP contribution in [0.3, 0.4) is 0 Å². The van der Waals surface area contributed by atoms with Gasteiger partial charge in [-0.15, -0.1) is 0 Å². The van der Waals surface area contributed by atoms with E-state index in [1.165, 1.54) is 0 Å². The van der Waals surface area contributed by atoms with Crippen molar-refractivity contribution >= 4 is 17.3 Å². The summed E-state index contributed by atoms with van der Waals surface area (Å²) >= 11 is 0. The van der Waals surface area contributed by atoms with Crippen molar-refractivity contribution in [2.45, 2.75) is 12.8 Å². The van der Waals surface area contributed by atoms with Crippen molar-refractivity contribution in [3.8, 4) is 0 Å². The van der Waals surface area contributed by atoms with Gasteiger partial charge in [-0.25, -0.2) is 0 Å². The lowest BCUT2D eigenvalue weighted by Gasteiger charge is -2.11. The Morgan fingerprint density at radius 3 is 3.05 bits per heavy atom. The second-order valence-electron chi connectivity index (χ2n) is 4.70. The van der Waals surface area contributed by atoms with Crippen molar-refractivity contribution in [2.75, 3.05) is 17.2 Å². The number of rotatable bonds is 2. The van der Waals surface area contributed by atoms with E-state index in [1.807, 2.05) is 37.3 Å². The maximum atomic E-state index is 12.3. The van der Waals surface area contributed by atoms with Gasteiger partial charge in [0.2, 0.25) is 5.91 Å². The number of nitrogens with zero attached hydrogens (tertiary/aromatic N) is 1. The Balaban J connectivity index is 1.79. The first-order chi connectivity index (χ1) is 9.24. The van der Waals surface area contributed by atoms with E-state index in [9.17, 15) is 4.79 Å². The molecule has 2 heterocycles. The van der Waals surface area contributed by atoms with E-state index in [-0.39, 0.29) is 11.8 Å². The highest BCUT2D eigenvalue weighted by Gasteiger charge is 2.27. The zero-order chi connectivity index (χ0) is 13.2. The molecule has 0 saturated heterocycles. The van der Waals surface area contributed by atoms with Crippen LogP contribution in [0, 0.1) is 6.92 Å². The molecule has 2 N–H and O–H groups in total. The topological polar surface area (TPSA) is 54.0 Å². The molecule has 4 nitrogen and oxygen atoms in total. The lowest BCUT2D eigenvalue weighted by atomic mass is 10.0. The standard InChI is InChI=1S/C15H15N3O/c1-10-8-11(6-7-16-10)18-15(19)13-9-17-14-5-3-2-4-12(13)14/h2-8,13,17H,9H2,1H3,(H,16,18,19). The third-order valence-corrected chi connectivity index (χ3v) is 3.31. The first kappa shape index (κ1) is 11.7. The summed E-state index contributed by atoms with van der Waals surface area (Å²) in [6.45, 7) is 2.55. The van der Waals surface area contributed by atoms with Gasteiger partial charge < -0.3 is 10.6 Å². The number of hydrogen-bond donors (Lipinski definition) is 2. The number of benzene rings is 1. The summed E-state index contributed by atoms with van der Waals surface area (Å²) in [5.74, 6) is -0.118. The van der Waals surface area contributed by atoms with E-state index >= 15 is 0 Å². The van der Waals surface area contributed by atoms with Crippen molar-refractivity contribution in [1.82, 2.24) is 4.98 Å². The number of nitrogens with one attached hydrogen (secondary N) is 2. The summed E-state index contributed by atoms with van der Waals surface area (Å²) in [5.41, 5.74) is 3.80. The molecule has 2 aromatic rings. The molecule has 0 saturated carbocycles. The lowest BCUT2D eigenvalue weighted by molar-refractivity contribution is -0.117. The second kappa shape index (κ2) is 4.72. The van der Waals surface area contributed by atoms with Crippen LogP contribution in [0.25, 0.3) is 0 Å². The Labute approximate surface area is 111 Å². The molecule has 1 aliphatic rings. The zero-order valence-electron chi connectivity index (χ0n) is 10.7. The van der Waals surface area contributed by atoms with Crippen molar-refractivity contribution < 1.29 is 4.79 Å². The molecule has 1 atom stereocenters. The van der Waals surface area contributed by atoms with Crippen molar-refractivity contribution in [3.05, 3.63) is 53.9 Å². The minimum Gasteiger partial charge on any atom is -0.384 e. The molecule has 96 valence electrons. The highest BCUT2D eigenvalue weighted by molar-refractivity contribution is 5.98. The normalized spacial score (nSPS) is 16.6. The van der Waals surface area contributed by atoms with Crippen LogP contribution in [0.15, 0.2) is 42.6 Å². The largest absolute Gasteiger partial charge is 0.384 e. The number of para-hydroxylation sites is 1. The average molecular weight is 253 g/mol. The molecule has 4 heteroatoms. The van der Waals surface area contributed by atoms with Gasteiger partial charge in [0.05, 0.1) is 5.92 Å². The molecule has 19 heavy (non-hydrogen) atoms. The number of carbonyl (C=O) groups is 1. The fourth-order valence-electron chi connectivity index (χ4n) is 2.37. The van der Waals surface area contributed by atoms with Gasteiger partial charge >= 0.3 is 0 Å². The second-order valence-corrected chi connectivity index (χ2v) is 4.70. The predicted molar refractivity (Wildman–Crippen MR) is 75.3 cm³/mol. The number of aryl methyl sites for hydroxylation is 1. The maximum absolute atomic E-state index is 12.3. The highest BCUT2D eigenvalue weighted by Crippen LogP contribution is 2.31. The maximum Gasteiger partial charge on any atom is 0.233 e. The smallest absolute Gasteiger partial charge is 0.233 e. The molecular formula is C15H15N3O. The van der Waals surface area contributed by atoms with E-state index in [2.05, 4.69) is 15.6 Å². The third-order valence-electron chi connectivity index (χ3n) is 3.31. The summed E-state index contributed by atoms with van der Waals surface area (Å²) < 4.78 is 0. The average Bonchev–Trinajstić information content (AvgIpc) is 2.82.